The third-order valence-electron chi connectivity index (χ3n) is 3.51. The molecule has 0 radical (unpaired) electrons. The van der Waals surface area contributed by atoms with E-state index in [2.05, 4.69) is 4.18 Å². The molecular formula is C15H13NaO6S. The van der Waals surface area contributed by atoms with Crippen molar-refractivity contribution in [2.24, 2.45) is 0 Å². The normalized spacial score (nSPS) is 16.7. The van der Waals surface area contributed by atoms with E-state index in [1.54, 1.807) is 24.3 Å². The summed E-state index contributed by atoms with van der Waals surface area (Å²) in [5.41, 5.74) is 1.95. The van der Waals surface area contributed by atoms with E-state index in [0.29, 0.717) is 12.4 Å². The minimum atomic E-state index is -4.76. The predicted molar refractivity (Wildman–Crippen MR) is 76.8 cm³/mol. The fraction of sp³-hybridized carbons (Fsp3) is 0.200. The first kappa shape index (κ1) is 18.1. The second kappa shape index (κ2) is 7.11. The van der Waals surface area contributed by atoms with Gasteiger partial charge in [0.05, 0.1) is 6.61 Å². The number of benzene rings is 2. The van der Waals surface area contributed by atoms with E-state index in [1.807, 2.05) is 6.07 Å². The summed E-state index contributed by atoms with van der Waals surface area (Å²) < 4.78 is 41.5. The molecule has 0 aromatic heterocycles. The Kier molecular flexibility index (Phi) is 5.59. The molecule has 116 valence electrons. The number of hydrogen-bond donors (Lipinski definition) is 1. The molecule has 1 N–H and O–H groups in total. The quantitative estimate of drug-likeness (QED) is 0.434. The van der Waals surface area contributed by atoms with Gasteiger partial charge in [-0.05, 0) is 35.7 Å². The van der Waals surface area contributed by atoms with E-state index in [-0.39, 0.29) is 47.0 Å². The fourth-order valence-electron chi connectivity index (χ4n) is 2.49. The van der Waals surface area contributed by atoms with Crippen molar-refractivity contribution in [3.8, 4) is 17.2 Å². The molecule has 0 saturated carbocycles. The van der Waals surface area contributed by atoms with E-state index >= 15 is 0 Å². The minimum absolute atomic E-state index is 0. The Bertz CT molecular complexity index is 788. The van der Waals surface area contributed by atoms with Crippen LogP contribution < -0.4 is 38.5 Å². The molecule has 0 saturated heterocycles. The van der Waals surface area contributed by atoms with E-state index in [9.17, 15) is 18.1 Å². The third kappa shape index (κ3) is 4.62. The molecule has 1 aliphatic rings. The molecule has 23 heavy (non-hydrogen) atoms. The van der Waals surface area contributed by atoms with E-state index < -0.39 is 10.4 Å². The molecule has 0 fully saturated rings. The number of aromatic hydroxyl groups is 1. The van der Waals surface area contributed by atoms with Crippen molar-refractivity contribution < 1.29 is 56.6 Å². The molecule has 8 heteroatoms. The number of ether oxygens (including phenoxy) is 1. The Balaban J connectivity index is 0.00000192. The van der Waals surface area contributed by atoms with Crippen molar-refractivity contribution in [2.75, 3.05) is 6.61 Å². The molecule has 1 unspecified atom stereocenters. The van der Waals surface area contributed by atoms with Crippen molar-refractivity contribution in [3.05, 3.63) is 53.6 Å². The zero-order chi connectivity index (χ0) is 15.7. The SMILES string of the molecule is O=S(=O)([O-])Oc1ccc(C2COc3cc(O)ccc3C2)cc1.[Na+]. The molecule has 2 aromatic rings. The standard InChI is InChI=1S/C15H14O6S.Na/c16-13-4-1-11-7-12(9-20-15(11)8-13)10-2-5-14(6-3-10)21-22(17,18)19;/h1-6,8,12,16H,7,9H2,(H,17,18,19);/q;+1/p-1. The van der Waals surface area contributed by atoms with Gasteiger partial charge < -0.3 is 18.6 Å². The summed E-state index contributed by atoms with van der Waals surface area (Å²) in [6.07, 6.45) is 0.746. The number of rotatable bonds is 3. The summed E-state index contributed by atoms with van der Waals surface area (Å²) in [6.45, 7) is 0.455. The Hall–Kier alpha value is -1.25. The number of phenolic OH excluding ortho intramolecular Hbond substituents is 1. The van der Waals surface area contributed by atoms with Gasteiger partial charge >= 0.3 is 29.6 Å². The first-order valence-corrected chi connectivity index (χ1v) is 7.94. The molecule has 1 atom stereocenters. The average Bonchev–Trinajstić information content (AvgIpc) is 2.46. The topological polar surface area (TPSA) is 95.9 Å². The van der Waals surface area contributed by atoms with Crippen molar-refractivity contribution >= 4 is 10.4 Å². The van der Waals surface area contributed by atoms with Crippen molar-refractivity contribution in [2.45, 2.75) is 12.3 Å². The van der Waals surface area contributed by atoms with Crippen molar-refractivity contribution in [1.82, 2.24) is 0 Å². The van der Waals surface area contributed by atoms with Gasteiger partial charge in [0.25, 0.3) is 10.4 Å². The Morgan fingerprint density at radius 3 is 2.52 bits per heavy atom. The second-order valence-electron chi connectivity index (χ2n) is 5.06. The number of hydrogen-bond acceptors (Lipinski definition) is 6. The number of fused-ring (bicyclic) bond motifs is 1. The van der Waals surface area contributed by atoms with Gasteiger partial charge in [0.1, 0.15) is 17.2 Å². The summed E-state index contributed by atoms with van der Waals surface area (Å²) in [5.74, 6) is 0.932. The summed E-state index contributed by atoms with van der Waals surface area (Å²) in [5, 5.41) is 9.43. The largest absolute Gasteiger partial charge is 1.00 e. The van der Waals surface area contributed by atoms with Gasteiger partial charge in [-0.2, -0.15) is 0 Å². The Labute approximate surface area is 156 Å². The second-order valence-corrected chi connectivity index (χ2v) is 6.05. The first-order valence-electron chi connectivity index (χ1n) is 6.61. The summed E-state index contributed by atoms with van der Waals surface area (Å²) in [4.78, 5) is 0. The Morgan fingerprint density at radius 1 is 1.17 bits per heavy atom. The summed E-state index contributed by atoms with van der Waals surface area (Å²) in [6, 6.07) is 11.3. The maximum atomic E-state index is 10.5. The van der Waals surface area contributed by atoms with Crippen LogP contribution in [0.5, 0.6) is 17.2 Å². The summed E-state index contributed by atoms with van der Waals surface area (Å²) >= 11 is 0. The van der Waals surface area contributed by atoms with Gasteiger partial charge in [0, 0.05) is 12.0 Å². The van der Waals surface area contributed by atoms with Crippen LogP contribution in [0.25, 0.3) is 0 Å². The maximum absolute atomic E-state index is 10.5. The molecule has 0 spiro atoms. The molecule has 6 nitrogen and oxygen atoms in total. The Morgan fingerprint density at radius 2 is 1.87 bits per heavy atom. The van der Waals surface area contributed by atoms with Crippen LogP contribution in [0, 0.1) is 0 Å². The van der Waals surface area contributed by atoms with Crippen LogP contribution in [0.15, 0.2) is 42.5 Å². The van der Waals surface area contributed by atoms with Crippen LogP contribution in [0.2, 0.25) is 0 Å². The van der Waals surface area contributed by atoms with Crippen LogP contribution in [-0.4, -0.2) is 24.7 Å². The van der Waals surface area contributed by atoms with Crippen LogP contribution in [-0.2, 0) is 16.8 Å². The van der Waals surface area contributed by atoms with E-state index in [1.165, 1.54) is 12.1 Å². The van der Waals surface area contributed by atoms with Crippen LogP contribution >= 0.6 is 0 Å². The third-order valence-corrected chi connectivity index (χ3v) is 3.90. The predicted octanol–water partition coefficient (Wildman–Crippen LogP) is -1.05. The van der Waals surface area contributed by atoms with Gasteiger partial charge in [-0.15, -0.1) is 0 Å². The monoisotopic (exact) mass is 344 g/mol. The van der Waals surface area contributed by atoms with Gasteiger partial charge in [-0.3, -0.25) is 0 Å². The molecular weight excluding hydrogens is 331 g/mol. The number of phenols is 1. The van der Waals surface area contributed by atoms with Crippen LogP contribution in [0.3, 0.4) is 0 Å². The zero-order valence-electron chi connectivity index (χ0n) is 12.4. The first-order chi connectivity index (χ1) is 10.4. The molecule has 1 heterocycles. The van der Waals surface area contributed by atoms with E-state index in [4.69, 9.17) is 4.74 Å². The smallest absolute Gasteiger partial charge is 0.716 e. The van der Waals surface area contributed by atoms with Crippen LogP contribution in [0.4, 0.5) is 0 Å². The minimum Gasteiger partial charge on any atom is -0.716 e. The average molecular weight is 344 g/mol. The van der Waals surface area contributed by atoms with Crippen molar-refractivity contribution in [3.63, 3.8) is 0 Å². The van der Waals surface area contributed by atoms with Gasteiger partial charge in [0.15, 0.2) is 0 Å². The zero-order valence-corrected chi connectivity index (χ0v) is 15.2. The maximum Gasteiger partial charge on any atom is 1.00 e. The summed E-state index contributed by atoms with van der Waals surface area (Å²) in [7, 11) is -4.76. The molecule has 2 aromatic carbocycles. The molecule has 1 aliphatic heterocycles. The van der Waals surface area contributed by atoms with Gasteiger partial charge in [-0.1, -0.05) is 18.2 Å². The van der Waals surface area contributed by atoms with Crippen molar-refractivity contribution in [1.29, 1.82) is 0 Å². The molecule has 0 aliphatic carbocycles. The molecule has 0 bridgehead atoms. The van der Waals surface area contributed by atoms with Gasteiger partial charge in [0.2, 0.25) is 0 Å². The van der Waals surface area contributed by atoms with E-state index in [0.717, 1.165) is 17.5 Å². The fourth-order valence-corrected chi connectivity index (χ4v) is 2.84. The molecule has 0 amide bonds. The van der Waals surface area contributed by atoms with Gasteiger partial charge in [-0.25, -0.2) is 8.42 Å². The molecule has 3 rings (SSSR count). The van der Waals surface area contributed by atoms with Crippen LogP contribution in [0.1, 0.15) is 17.0 Å².